The second kappa shape index (κ2) is 21.6. The van der Waals surface area contributed by atoms with Crippen molar-refractivity contribution in [3.63, 3.8) is 0 Å². The lowest BCUT2D eigenvalue weighted by Gasteiger charge is -2.40. The Balaban J connectivity index is 1.10. The lowest BCUT2D eigenvalue weighted by molar-refractivity contribution is 1.06. The van der Waals surface area contributed by atoms with Gasteiger partial charge < -0.3 is 4.90 Å². The number of fused-ring (bicyclic) bond motifs is 2. The third-order valence-electron chi connectivity index (χ3n) is 15.2. The first-order valence-corrected chi connectivity index (χ1v) is 27.8. The molecular weight excluding hydrogens is 1010 g/mol. The molecule has 0 aliphatic carbocycles. The molecule has 0 spiro atoms. The van der Waals surface area contributed by atoms with Gasteiger partial charge in [-0.3, -0.25) is 4.90 Å². The molecule has 0 bridgehead atoms. The fourth-order valence-corrected chi connectivity index (χ4v) is 11.5. The molecule has 3 aromatic heterocycles. The maximum Gasteiger partial charge on any atom is 0.235 e. The first-order chi connectivity index (χ1) is 40.9. The lowest BCUT2D eigenvalue weighted by Crippen LogP contribution is -2.26. The van der Waals surface area contributed by atoms with Gasteiger partial charge in [-0.15, -0.1) is 0 Å². The molecule has 0 atom stereocenters. The molecule has 1 aliphatic rings. The zero-order valence-corrected chi connectivity index (χ0v) is 45.9. The maximum atomic E-state index is 5.71. The number of nitrogens with zero attached hydrogens (tertiary/aromatic N) is 9. The van der Waals surface area contributed by atoms with Crippen LogP contribution < -0.4 is 9.80 Å². The molecule has 14 rings (SSSR count). The van der Waals surface area contributed by atoms with E-state index in [1.807, 2.05) is 109 Å². The van der Waals surface area contributed by atoms with Gasteiger partial charge >= 0.3 is 0 Å². The number of hydrogen-bond acceptors (Lipinski definition) is 9. The van der Waals surface area contributed by atoms with Gasteiger partial charge in [0.1, 0.15) is 0 Å². The Morgan fingerprint density at radius 1 is 0.241 bits per heavy atom. The van der Waals surface area contributed by atoms with E-state index in [1.165, 1.54) is 0 Å². The summed E-state index contributed by atoms with van der Waals surface area (Å²) in [4.78, 5) is 42.9. The van der Waals surface area contributed by atoms with Crippen LogP contribution in [0, 0.1) is 20.8 Å². The summed E-state index contributed by atoms with van der Waals surface area (Å²) in [6, 6.07) is 91.8. The second-order valence-corrected chi connectivity index (χ2v) is 20.7. The highest BCUT2D eigenvalue weighted by Gasteiger charge is 2.36. The molecule has 0 unspecified atom stereocenters. The molecular formula is C74H53N9. The predicted molar refractivity (Wildman–Crippen MR) is 337 cm³/mol. The molecule has 10 aromatic carbocycles. The first-order valence-electron chi connectivity index (χ1n) is 27.8. The number of aromatic nitrogens is 7. The van der Waals surface area contributed by atoms with Crippen LogP contribution in [0.1, 0.15) is 16.7 Å². The highest BCUT2D eigenvalue weighted by atomic mass is 15.3. The van der Waals surface area contributed by atoms with Crippen molar-refractivity contribution in [2.45, 2.75) is 20.8 Å². The molecule has 83 heavy (non-hydrogen) atoms. The van der Waals surface area contributed by atoms with Crippen molar-refractivity contribution in [1.29, 1.82) is 0 Å². The Morgan fingerprint density at radius 2 is 0.578 bits per heavy atom. The summed E-state index contributed by atoms with van der Waals surface area (Å²) in [6.45, 7) is 6.54. The minimum Gasteiger partial charge on any atom is -0.306 e. The minimum absolute atomic E-state index is 0.512. The average Bonchev–Trinajstić information content (AvgIpc) is 3.10. The first kappa shape index (κ1) is 50.2. The number of para-hydroxylation sites is 4. The highest BCUT2D eigenvalue weighted by Crippen LogP contribution is 2.57. The molecule has 0 radical (unpaired) electrons. The van der Waals surface area contributed by atoms with Crippen LogP contribution in [0.3, 0.4) is 0 Å². The van der Waals surface area contributed by atoms with E-state index in [-0.39, 0.29) is 0 Å². The van der Waals surface area contributed by atoms with E-state index in [9.17, 15) is 0 Å². The van der Waals surface area contributed by atoms with Crippen LogP contribution in [-0.2, 0) is 0 Å². The van der Waals surface area contributed by atoms with Crippen LogP contribution in [0.4, 0.5) is 34.4 Å². The van der Waals surface area contributed by atoms with Gasteiger partial charge in [-0.05, 0) is 86.0 Å². The van der Waals surface area contributed by atoms with Gasteiger partial charge in [-0.1, -0.05) is 224 Å². The third kappa shape index (κ3) is 9.55. The van der Waals surface area contributed by atoms with Crippen LogP contribution in [0.15, 0.2) is 267 Å². The van der Waals surface area contributed by atoms with Crippen LogP contribution in [-0.4, -0.2) is 34.9 Å². The Morgan fingerprint density at radius 3 is 0.976 bits per heavy atom. The summed E-state index contributed by atoms with van der Waals surface area (Å²) in [6.07, 6.45) is 0. The smallest absolute Gasteiger partial charge is 0.235 e. The normalized spacial score (nSPS) is 11.7. The SMILES string of the molecule is Cc1cc(C)c(-c2c(-c3nc(-c4ccccc4)nc(-c4ccccc4)n3)ccc(N3c4ccccc4N(c4nc(-c5ccccc5)cc(-c5ccccc5)n4)c4ccccc43)c2-c2nc(-c3ccccc3)cc(-c3ccccc3)n2)c(C)c1. The quantitative estimate of drug-likeness (QED) is 0.125. The van der Waals surface area contributed by atoms with E-state index in [1.54, 1.807) is 0 Å². The van der Waals surface area contributed by atoms with Crippen LogP contribution in [0.2, 0.25) is 0 Å². The van der Waals surface area contributed by atoms with Gasteiger partial charge in [0.05, 0.1) is 56.8 Å². The van der Waals surface area contributed by atoms with Gasteiger partial charge in [-0.2, -0.15) is 0 Å². The van der Waals surface area contributed by atoms with E-state index in [0.29, 0.717) is 29.2 Å². The largest absolute Gasteiger partial charge is 0.306 e. The van der Waals surface area contributed by atoms with E-state index in [0.717, 1.165) is 124 Å². The van der Waals surface area contributed by atoms with Crippen molar-refractivity contribution in [2.75, 3.05) is 9.80 Å². The fraction of sp³-hybridized carbons (Fsp3) is 0.0405. The van der Waals surface area contributed by atoms with Gasteiger partial charge in [0.15, 0.2) is 23.3 Å². The number of anilines is 6. The van der Waals surface area contributed by atoms with Crippen molar-refractivity contribution in [2.24, 2.45) is 0 Å². The molecule has 0 N–H and O–H groups in total. The highest BCUT2D eigenvalue weighted by molar-refractivity contribution is 6.08. The van der Waals surface area contributed by atoms with E-state index in [2.05, 4.69) is 188 Å². The summed E-state index contributed by atoms with van der Waals surface area (Å²) in [5.74, 6) is 2.70. The maximum absolute atomic E-state index is 5.71. The molecule has 9 heteroatoms. The molecule has 0 amide bonds. The summed E-state index contributed by atoms with van der Waals surface area (Å²) in [7, 11) is 0. The van der Waals surface area contributed by atoms with Gasteiger partial charge in [-0.25, -0.2) is 34.9 Å². The fourth-order valence-electron chi connectivity index (χ4n) is 11.5. The van der Waals surface area contributed by atoms with Crippen LogP contribution in [0.25, 0.3) is 102 Å². The number of benzene rings is 10. The molecule has 394 valence electrons. The van der Waals surface area contributed by atoms with E-state index in [4.69, 9.17) is 34.9 Å². The number of hydrogen-bond donors (Lipinski definition) is 0. The molecule has 0 saturated carbocycles. The van der Waals surface area contributed by atoms with Gasteiger partial charge in [0, 0.05) is 44.5 Å². The third-order valence-corrected chi connectivity index (χ3v) is 15.2. The van der Waals surface area contributed by atoms with Crippen LogP contribution in [0.5, 0.6) is 0 Å². The summed E-state index contributed by atoms with van der Waals surface area (Å²) < 4.78 is 0. The van der Waals surface area contributed by atoms with Crippen molar-refractivity contribution >= 4 is 34.4 Å². The molecule has 0 fully saturated rings. The van der Waals surface area contributed by atoms with Gasteiger partial charge in [0.25, 0.3) is 0 Å². The van der Waals surface area contributed by atoms with E-state index >= 15 is 0 Å². The predicted octanol–water partition coefficient (Wildman–Crippen LogP) is 18.6. The number of aryl methyl sites for hydroxylation is 3. The summed E-state index contributed by atoms with van der Waals surface area (Å²) >= 11 is 0. The zero-order valence-electron chi connectivity index (χ0n) is 45.9. The van der Waals surface area contributed by atoms with Gasteiger partial charge in [0.2, 0.25) is 5.95 Å². The van der Waals surface area contributed by atoms with Crippen molar-refractivity contribution in [1.82, 2.24) is 34.9 Å². The Labute approximate surface area is 482 Å². The Hall–Kier alpha value is -11.0. The monoisotopic (exact) mass is 1070 g/mol. The summed E-state index contributed by atoms with van der Waals surface area (Å²) in [5, 5.41) is 0. The lowest BCUT2D eigenvalue weighted by atomic mass is 9.85. The molecule has 4 heterocycles. The Kier molecular flexibility index (Phi) is 13.0. The topological polar surface area (TPSA) is 96.7 Å². The van der Waals surface area contributed by atoms with Crippen molar-refractivity contribution < 1.29 is 0 Å². The molecule has 1 aliphatic heterocycles. The minimum atomic E-state index is 0.512. The second-order valence-electron chi connectivity index (χ2n) is 20.7. The van der Waals surface area contributed by atoms with Crippen molar-refractivity contribution in [3.05, 3.63) is 284 Å². The average molecular weight is 1070 g/mol. The zero-order chi connectivity index (χ0) is 55.8. The standard InChI is InChI=1S/C74H53N9/c1-48-44-49(2)67(50(3)45-48)68-57(72-80-70(55-34-18-8-19-35-55)79-71(81-72)56-36-20-9-21-37-56)42-43-66(69(68)73-75-58(51-26-10-4-11-27-51)46-59(76-73)52-28-12-5-13-29-52)82-62-38-22-24-40-64(62)83(65-41-25-23-39-63(65)82)74-77-60(53-30-14-6-15-31-53)47-61(78-74)54-32-16-7-17-33-54/h4-47H,1-3H3. The molecule has 13 aromatic rings. The van der Waals surface area contributed by atoms with Crippen LogP contribution >= 0.6 is 0 Å². The number of rotatable bonds is 11. The summed E-state index contributed by atoms with van der Waals surface area (Å²) in [5.41, 5.74) is 20.1. The molecule has 9 nitrogen and oxygen atoms in total. The van der Waals surface area contributed by atoms with E-state index < -0.39 is 0 Å². The molecule has 0 saturated heterocycles. The Bertz CT molecular complexity index is 4280. The van der Waals surface area contributed by atoms with Crippen molar-refractivity contribution in [3.8, 4) is 102 Å².